The molecule has 0 saturated carbocycles. The van der Waals surface area contributed by atoms with Crippen LogP contribution in [-0.2, 0) is 17.8 Å². The van der Waals surface area contributed by atoms with E-state index in [1.165, 1.54) is 0 Å². The molecule has 2 aromatic rings. The number of hydrogen-bond donors (Lipinski definition) is 2. The van der Waals surface area contributed by atoms with E-state index in [-0.39, 0.29) is 6.42 Å². The third-order valence-corrected chi connectivity index (χ3v) is 3.21. The van der Waals surface area contributed by atoms with Gasteiger partial charge in [-0.05, 0) is 23.3 Å². The number of halogens is 1. The number of rotatable bonds is 5. The normalized spacial score (nSPS) is 10.2. The first-order chi connectivity index (χ1) is 9.54. The van der Waals surface area contributed by atoms with Crippen molar-refractivity contribution in [3.8, 4) is 5.75 Å². The van der Waals surface area contributed by atoms with E-state index >= 15 is 0 Å². The first kappa shape index (κ1) is 14.4. The number of ether oxygens (including phenoxy) is 1. The Morgan fingerprint density at radius 2 is 1.90 bits per heavy atom. The fourth-order valence-electron chi connectivity index (χ4n) is 1.86. The molecule has 0 bridgehead atoms. The van der Waals surface area contributed by atoms with Crippen molar-refractivity contribution in [2.45, 2.75) is 13.0 Å². The molecule has 0 saturated heterocycles. The topological polar surface area (TPSA) is 72.5 Å². The maximum Gasteiger partial charge on any atom is 0.307 e. The van der Waals surface area contributed by atoms with Gasteiger partial charge in [0.05, 0.1) is 6.42 Å². The molecule has 0 aliphatic rings. The SMILES string of the molecule is Nc1cc(Br)cc(OCc2ccccc2CC(=O)O)c1. The highest BCUT2D eigenvalue weighted by atomic mass is 79.9. The molecule has 104 valence electrons. The number of carboxylic acid groups (broad SMARTS) is 1. The molecule has 0 radical (unpaired) electrons. The molecule has 2 aromatic carbocycles. The van der Waals surface area contributed by atoms with Crippen LogP contribution in [0, 0.1) is 0 Å². The summed E-state index contributed by atoms with van der Waals surface area (Å²) in [5.74, 6) is -0.217. The molecular weight excluding hydrogens is 322 g/mol. The van der Waals surface area contributed by atoms with Gasteiger partial charge in [0.25, 0.3) is 0 Å². The molecule has 0 spiro atoms. The second kappa shape index (κ2) is 6.43. The first-order valence-corrected chi connectivity index (χ1v) is 6.81. The number of benzene rings is 2. The van der Waals surface area contributed by atoms with E-state index in [0.717, 1.165) is 15.6 Å². The van der Waals surface area contributed by atoms with Crippen LogP contribution < -0.4 is 10.5 Å². The highest BCUT2D eigenvalue weighted by molar-refractivity contribution is 9.10. The van der Waals surface area contributed by atoms with Gasteiger partial charge in [-0.15, -0.1) is 0 Å². The second-order valence-corrected chi connectivity index (χ2v) is 5.26. The molecule has 0 heterocycles. The zero-order valence-corrected chi connectivity index (χ0v) is 12.3. The maximum atomic E-state index is 10.8. The quantitative estimate of drug-likeness (QED) is 0.822. The zero-order chi connectivity index (χ0) is 14.5. The highest BCUT2D eigenvalue weighted by Gasteiger charge is 2.07. The minimum absolute atomic E-state index is 0.0137. The van der Waals surface area contributed by atoms with Crippen molar-refractivity contribution in [1.29, 1.82) is 0 Å². The van der Waals surface area contributed by atoms with Gasteiger partial charge < -0.3 is 15.6 Å². The third-order valence-electron chi connectivity index (χ3n) is 2.75. The minimum Gasteiger partial charge on any atom is -0.489 e. The Morgan fingerprint density at radius 3 is 2.55 bits per heavy atom. The third kappa shape index (κ3) is 3.99. The van der Waals surface area contributed by atoms with E-state index in [9.17, 15) is 4.79 Å². The Balaban J connectivity index is 2.12. The molecule has 0 aromatic heterocycles. The molecule has 20 heavy (non-hydrogen) atoms. The molecule has 0 amide bonds. The average molecular weight is 336 g/mol. The van der Waals surface area contributed by atoms with Crippen LogP contribution >= 0.6 is 15.9 Å². The Hall–Kier alpha value is -2.01. The lowest BCUT2D eigenvalue weighted by molar-refractivity contribution is -0.136. The summed E-state index contributed by atoms with van der Waals surface area (Å²) in [4.78, 5) is 10.8. The Bertz CT molecular complexity index is 608. The van der Waals surface area contributed by atoms with Crippen molar-refractivity contribution in [1.82, 2.24) is 0 Å². The van der Waals surface area contributed by atoms with Crippen LogP contribution in [-0.4, -0.2) is 11.1 Å². The van der Waals surface area contributed by atoms with Gasteiger partial charge in [0, 0.05) is 16.2 Å². The molecule has 5 heteroatoms. The van der Waals surface area contributed by atoms with Gasteiger partial charge in [0.2, 0.25) is 0 Å². The summed E-state index contributed by atoms with van der Waals surface area (Å²) < 4.78 is 6.51. The number of carboxylic acids is 1. The van der Waals surface area contributed by atoms with E-state index in [4.69, 9.17) is 15.6 Å². The Morgan fingerprint density at radius 1 is 1.20 bits per heavy atom. The van der Waals surface area contributed by atoms with Gasteiger partial charge in [-0.2, -0.15) is 0 Å². The van der Waals surface area contributed by atoms with Crippen molar-refractivity contribution in [2.24, 2.45) is 0 Å². The minimum atomic E-state index is -0.857. The lowest BCUT2D eigenvalue weighted by atomic mass is 10.1. The van der Waals surface area contributed by atoms with Crippen LogP contribution in [0.15, 0.2) is 46.9 Å². The molecule has 0 unspecified atom stereocenters. The monoisotopic (exact) mass is 335 g/mol. The number of nitrogen functional groups attached to an aromatic ring is 1. The summed E-state index contributed by atoms with van der Waals surface area (Å²) in [5, 5.41) is 8.89. The molecule has 3 N–H and O–H groups in total. The highest BCUT2D eigenvalue weighted by Crippen LogP contribution is 2.24. The van der Waals surface area contributed by atoms with Gasteiger partial charge in [-0.25, -0.2) is 0 Å². The fourth-order valence-corrected chi connectivity index (χ4v) is 2.35. The summed E-state index contributed by atoms with van der Waals surface area (Å²) in [7, 11) is 0. The Labute approximate surface area is 125 Å². The molecule has 0 fully saturated rings. The predicted molar refractivity (Wildman–Crippen MR) is 80.7 cm³/mol. The number of nitrogens with two attached hydrogens (primary N) is 1. The molecule has 0 aliphatic carbocycles. The van der Waals surface area contributed by atoms with Gasteiger partial charge in [0.15, 0.2) is 0 Å². The maximum absolute atomic E-state index is 10.8. The number of anilines is 1. The second-order valence-electron chi connectivity index (χ2n) is 4.35. The first-order valence-electron chi connectivity index (χ1n) is 6.02. The van der Waals surface area contributed by atoms with Gasteiger partial charge >= 0.3 is 5.97 Å². The number of aliphatic carboxylic acids is 1. The lowest BCUT2D eigenvalue weighted by Gasteiger charge is -2.10. The molecule has 4 nitrogen and oxygen atoms in total. The van der Waals surface area contributed by atoms with E-state index in [1.807, 2.05) is 24.3 Å². The van der Waals surface area contributed by atoms with Crippen molar-refractivity contribution in [2.75, 3.05) is 5.73 Å². The smallest absolute Gasteiger partial charge is 0.307 e. The summed E-state index contributed by atoms with van der Waals surface area (Å²) in [6, 6.07) is 12.7. The summed E-state index contributed by atoms with van der Waals surface area (Å²) >= 11 is 3.35. The average Bonchev–Trinajstić information content (AvgIpc) is 2.36. The molecule has 0 atom stereocenters. The Kier molecular flexibility index (Phi) is 4.63. The largest absolute Gasteiger partial charge is 0.489 e. The van der Waals surface area contributed by atoms with Crippen LogP contribution in [0.3, 0.4) is 0 Å². The van der Waals surface area contributed by atoms with Crippen molar-refractivity contribution in [3.63, 3.8) is 0 Å². The predicted octanol–water partition coefficient (Wildman–Crippen LogP) is 3.24. The van der Waals surface area contributed by atoms with E-state index < -0.39 is 5.97 Å². The molecular formula is C15H14BrNO3. The summed E-state index contributed by atoms with van der Waals surface area (Å²) in [5.41, 5.74) is 7.95. The van der Waals surface area contributed by atoms with E-state index in [2.05, 4.69) is 15.9 Å². The number of carbonyl (C=O) groups is 1. The van der Waals surface area contributed by atoms with Gasteiger partial charge in [-0.3, -0.25) is 4.79 Å². The molecule has 0 aliphatic heterocycles. The van der Waals surface area contributed by atoms with Crippen molar-refractivity contribution < 1.29 is 14.6 Å². The zero-order valence-electron chi connectivity index (χ0n) is 10.7. The lowest BCUT2D eigenvalue weighted by Crippen LogP contribution is -2.06. The summed E-state index contributed by atoms with van der Waals surface area (Å²) in [6.07, 6.45) is -0.0137. The van der Waals surface area contributed by atoms with Crippen LogP contribution in [0.2, 0.25) is 0 Å². The van der Waals surface area contributed by atoms with Crippen molar-refractivity contribution >= 4 is 27.6 Å². The van der Waals surface area contributed by atoms with Crippen LogP contribution in [0.4, 0.5) is 5.69 Å². The van der Waals surface area contributed by atoms with E-state index in [1.54, 1.807) is 18.2 Å². The van der Waals surface area contributed by atoms with Crippen LogP contribution in [0.5, 0.6) is 5.75 Å². The van der Waals surface area contributed by atoms with Gasteiger partial charge in [-0.1, -0.05) is 40.2 Å². The van der Waals surface area contributed by atoms with Crippen LogP contribution in [0.1, 0.15) is 11.1 Å². The van der Waals surface area contributed by atoms with E-state index in [0.29, 0.717) is 18.0 Å². The van der Waals surface area contributed by atoms with Crippen LogP contribution in [0.25, 0.3) is 0 Å². The van der Waals surface area contributed by atoms with Crippen molar-refractivity contribution in [3.05, 3.63) is 58.1 Å². The fraction of sp³-hybridized carbons (Fsp3) is 0.133. The number of hydrogen-bond acceptors (Lipinski definition) is 3. The summed E-state index contributed by atoms with van der Waals surface area (Å²) in [6.45, 7) is 0.305. The standard InChI is InChI=1S/C15H14BrNO3/c16-12-6-13(17)8-14(7-12)20-9-11-4-2-1-3-10(11)5-15(18)19/h1-4,6-8H,5,9,17H2,(H,18,19). The van der Waals surface area contributed by atoms with Gasteiger partial charge in [0.1, 0.15) is 12.4 Å². The molecule has 2 rings (SSSR count).